The molecule has 0 bridgehead atoms. The van der Waals surface area contributed by atoms with Crippen LogP contribution in [0.15, 0.2) is 23.2 Å². The van der Waals surface area contributed by atoms with E-state index >= 15 is 0 Å². The van der Waals surface area contributed by atoms with Gasteiger partial charge in [-0.15, -0.1) is 0 Å². The SMILES string of the molecule is CNc1cc(S(=O)(=O)N2CC(C)OCC2C)ccn1. The number of anilines is 1. The summed E-state index contributed by atoms with van der Waals surface area (Å²) in [6.07, 6.45) is 1.41. The van der Waals surface area contributed by atoms with Crippen LogP contribution in [0.4, 0.5) is 5.82 Å². The normalized spacial score (nSPS) is 25.2. The van der Waals surface area contributed by atoms with E-state index in [4.69, 9.17) is 4.74 Å². The molecule has 1 aliphatic heterocycles. The molecular formula is C12H19N3O3S. The molecule has 1 fully saturated rings. The third kappa shape index (κ3) is 2.88. The van der Waals surface area contributed by atoms with Gasteiger partial charge in [0.1, 0.15) is 5.82 Å². The fraction of sp³-hybridized carbons (Fsp3) is 0.583. The van der Waals surface area contributed by atoms with Gasteiger partial charge in [0.05, 0.1) is 17.6 Å². The Bertz CT molecular complexity index is 547. The first kappa shape index (κ1) is 14.2. The largest absolute Gasteiger partial charge is 0.375 e. The number of rotatable bonds is 3. The monoisotopic (exact) mass is 285 g/mol. The number of sulfonamides is 1. The molecule has 2 unspecified atom stereocenters. The maximum absolute atomic E-state index is 12.6. The van der Waals surface area contributed by atoms with Gasteiger partial charge in [0.25, 0.3) is 0 Å². The molecule has 106 valence electrons. The van der Waals surface area contributed by atoms with E-state index in [1.54, 1.807) is 13.1 Å². The second-order valence-corrected chi connectivity index (χ2v) is 6.59. The Morgan fingerprint density at radius 3 is 2.89 bits per heavy atom. The van der Waals surface area contributed by atoms with Crippen LogP contribution >= 0.6 is 0 Å². The zero-order valence-electron chi connectivity index (χ0n) is 11.3. The van der Waals surface area contributed by atoms with Crippen molar-refractivity contribution in [1.82, 2.24) is 9.29 Å². The Hall–Kier alpha value is -1.18. The fourth-order valence-electron chi connectivity index (χ4n) is 2.05. The summed E-state index contributed by atoms with van der Waals surface area (Å²) < 4.78 is 32.2. The van der Waals surface area contributed by atoms with E-state index in [0.717, 1.165) is 0 Å². The molecule has 2 heterocycles. The molecule has 1 aliphatic rings. The summed E-state index contributed by atoms with van der Waals surface area (Å²) in [6, 6.07) is 2.90. The van der Waals surface area contributed by atoms with E-state index in [1.165, 1.54) is 16.6 Å². The van der Waals surface area contributed by atoms with Crippen molar-refractivity contribution in [2.45, 2.75) is 30.9 Å². The van der Waals surface area contributed by atoms with Gasteiger partial charge in [-0.2, -0.15) is 4.31 Å². The molecule has 0 aromatic carbocycles. The van der Waals surface area contributed by atoms with E-state index < -0.39 is 10.0 Å². The molecule has 2 atom stereocenters. The van der Waals surface area contributed by atoms with E-state index in [-0.39, 0.29) is 17.0 Å². The summed E-state index contributed by atoms with van der Waals surface area (Å²) in [4.78, 5) is 4.29. The summed E-state index contributed by atoms with van der Waals surface area (Å²) in [5.41, 5.74) is 0. The van der Waals surface area contributed by atoms with Crippen molar-refractivity contribution in [2.75, 3.05) is 25.5 Å². The van der Waals surface area contributed by atoms with Crippen molar-refractivity contribution >= 4 is 15.8 Å². The Labute approximate surface area is 113 Å². The van der Waals surface area contributed by atoms with Crippen LogP contribution in [-0.4, -0.2) is 50.1 Å². The lowest BCUT2D eigenvalue weighted by atomic mass is 10.2. The van der Waals surface area contributed by atoms with E-state index in [1.807, 2.05) is 13.8 Å². The highest BCUT2D eigenvalue weighted by atomic mass is 32.2. The smallest absolute Gasteiger partial charge is 0.243 e. The van der Waals surface area contributed by atoms with Crippen molar-refractivity contribution < 1.29 is 13.2 Å². The van der Waals surface area contributed by atoms with Crippen LogP contribution in [0.2, 0.25) is 0 Å². The van der Waals surface area contributed by atoms with Gasteiger partial charge in [-0.05, 0) is 19.9 Å². The third-order valence-corrected chi connectivity index (χ3v) is 5.12. The average Bonchev–Trinajstić information content (AvgIpc) is 2.41. The zero-order chi connectivity index (χ0) is 14.0. The highest BCUT2D eigenvalue weighted by molar-refractivity contribution is 7.89. The first-order valence-electron chi connectivity index (χ1n) is 6.22. The van der Waals surface area contributed by atoms with Gasteiger partial charge >= 0.3 is 0 Å². The number of hydrogen-bond donors (Lipinski definition) is 1. The Balaban J connectivity index is 2.35. The molecule has 0 spiro atoms. The predicted octanol–water partition coefficient (Wildman–Crippen LogP) is 0.921. The number of nitrogens with one attached hydrogen (secondary N) is 1. The Kier molecular flexibility index (Phi) is 4.07. The van der Waals surface area contributed by atoms with Gasteiger partial charge in [0.2, 0.25) is 10.0 Å². The maximum Gasteiger partial charge on any atom is 0.243 e. The van der Waals surface area contributed by atoms with Crippen LogP contribution in [0.25, 0.3) is 0 Å². The number of pyridine rings is 1. The van der Waals surface area contributed by atoms with Crippen LogP contribution in [0.3, 0.4) is 0 Å². The summed E-state index contributed by atoms with van der Waals surface area (Å²) in [7, 11) is -1.80. The van der Waals surface area contributed by atoms with E-state index in [0.29, 0.717) is 19.0 Å². The summed E-state index contributed by atoms with van der Waals surface area (Å²) in [5, 5.41) is 2.84. The van der Waals surface area contributed by atoms with Crippen molar-refractivity contribution in [2.24, 2.45) is 0 Å². The number of aromatic nitrogens is 1. The predicted molar refractivity (Wildman–Crippen MR) is 72.6 cm³/mol. The van der Waals surface area contributed by atoms with Gasteiger partial charge in [-0.1, -0.05) is 0 Å². The van der Waals surface area contributed by atoms with Crippen LogP contribution in [0.1, 0.15) is 13.8 Å². The molecule has 1 saturated heterocycles. The molecular weight excluding hydrogens is 266 g/mol. The van der Waals surface area contributed by atoms with Gasteiger partial charge in [-0.25, -0.2) is 13.4 Å². The first-order valence-corrected chi connectivity index (χ1v) is 7.66. The minimum atomic E-state index is -3.50. The van der Waals surface area contributed by atoms with Gasteiger partial charge in [0.15, 0.2) is 0 Å². The fourth-order valence-corrected chi connectivity index (χ4v) is 3.76. The highest BCUT2D eigenvalue weighted by Crippen LogP contribution is 2.23. The summed E-state index contributed by atoms with van der Waals surface area (Å²) in [5.74, 6) is 0.537. The molecule has 0 amide bonds. The molecule has 0 radical (unpaired) electrons. The van der Waals surface area contributed by atoms with Gasteiger partial charge < -0.3 is 10.1 Å². The molecule has 2 rings (SSSR count). The van der Waals surface area contributed by atoms with Crippen molar-refractivity contribution in [3.8, 4) is 0 Å². The quantitative estimate of drug-likeness (QED) is 0.894. The van der Waals surface area contributed by atoms with Gasteiger partial charge in [0, 0.05) is 31.9 Å². The van der Waals surface area contributed by atoms with Crippen LogP contribution < -0.4 is 5.32 Å². The Morgan fingerprint density at radius 2 is 2.21 bits per heavy atom. The van der Waals surface area contributed by atoms with Crippen molar-refractivity contribution in [3.05, 3.63) is 18.3 Å². The summed E-state index contributed by atoms with van der Waals surface area (Å²) >= 11 is 0. The second-order valence-electron chi connectivity index (χ2n) is 4.69. The van der Waals surface area contributed by atoms with Crippen molar-refractivity contribution in [3.63, 3.8) is 0 Å². The standard InChI is InChI=1S/C12H19N3O3S/c1-9-8-18-10(2)7-15(9)19(16,17)11-4-5-14-12(6-11)13-3/h4-6,9-10H,7-8H2,1-3H3,(H,13,14). The van der Waals surface area contributed by atoms with Crippen molar-refractivity contribution in [1.29, 1.82) is 0 Å². The minimum absolute atomic E-state index is 0.0865. The molecule has 19 heavy (non-hydrogen) atoms. The zero-order valence-corrected chi connectivity index (χ0v) is 12.1. The lowest BCUT2D eigenvalue weighted by molar-refractivity contribution is -0.0170. The minimum Gasteiger partial charge on any atom is -0.375 e. The van der Waals surface area contributed by atoms with Crippen LogP contribution in [0.5, 0.6) is 0 Å². The van der Waals surface area contributed by atoms with E-state index in [9.17, 15) is 8.42 Å². The first-order chi connectivity index (χ1) is 8.95. The highest BCUT2D eigenvalue weighted by Gasteiger charge is 2.34. The van der Waals surface area contributed by atoms with Crippen LogP contribution in [-0.2, 0) is 14.8 Å². The van der Waals surface area contributed by atoms with E-state index in [2.05, 4.69) is 10.3 Å². The molecule has 6 nitrogen and oxygen atoms in total. The molecule has 7 heteroatoms. The lowest BCUT2D eigenvalue weighted by Crippen LogP contribution is -2.50. The lowest BCUT2D eigenvalue weighted by Gasteiger charge is -2.35. The average molecular weight is 285 g/mol. The van der Waals surface area contributed by atoms with Gasteiger partial charge in [-0.3, -0.25) is 0 Å². The maximum atomic E-state index is 12.6. The molecule has 1 aromatic rings. The molecule has 1 aromatic heterocycles. The molecule has 0 aliphatic carbocycles. The third-order valence-electron chi connectivity index (χ3n) is 3.14. The topological polar surface area (TPSA) is 71.5 Å². The number of morpholine rings is 1. The molecule has 0 saturated carbocycles. The number of nitrogens with zero attached hydrogens (tertiary/aromatic N) is 2. The Morgan fingerprint density at radius 1 is 1.47 bits per heavy atom. The van der Waals surface area contributed by atoms with Crippen LogP contribution in [0, 0.1) is 0 Å². The number of ether oxygens (including phenoxy) is 1. The second kappa shape index (κ2) is 5.44. The number of hydrogen-bond acceptors (Lipinski definition) is 5. The summed E-state index contributed by atoms with van der Waals surface area (Å²) in [6.45, 7) is 4.52. The molecule has 1 N–H and O–H groups in total.